The van der Waals surface area contributed by atoms with Crippen LogP contribution in [0.4, 0.5) is 10.1 Å². The van der Waals surface area contributed by atoms with Gasteiger partial charge in [-0.25, -0.2) is 4.39 Å². The van der Waals surface area contributed by atoms with Crippen LogP contribution in [0.1, 0.15) is 0 Å². The van der Waals surface area contributed by atoms with Gasteiger partial charge in [-0.3, -0.25) is 0 Å². The fraction of sp³-hybridized carbons (Fsp3) is 0. The van der Waals surface area contributed by atoms with E-state index in [1.165, 1.54) is 10.7 Å². The van der Waals surface area contributed by atoms with Crippen LogP contribution in [0.15, 0.2) is 46.9 Å². The zero-order valence-corrected chi connectivity index (χ0v) is 11.7. The number of tetrazole rings is 1. The maximum absolute atomic E-state index is 13.8. The predicted octanol–water partition coefficient (Wildman–Crippen LogP) is 2.81. The number of rotatable bonds is 2. The van der Waals surface area contributed by atoms with E-state index in [0.717, 1.165) is 4.47 Å². The summed E-state index contributed by atoms with van der Waals surface area (Å²) in [6, 6.07) is 11.6. The maximum Gasteiger partial charge on any atom is 0.187 e. The normalized spacial score (nSPS) is 10.7. The molecule has 0 aliphatic heterocycles. The number of halogens is 2. The quantitative estimate of drug-likeness (QED) is 0.732. The lowest BCUT2D eigenvalue weighted by Gasteiger charge is -2.06. The Morgan fingerprint density at radius 1 is 1.15 bits per heavy atom. The highest BCUT2D eigenvalue weighted by Gasteiger charge is 2.14. The first-order chi connectivity index (χ1) is 9.66. The zero-order valence-electron chi connectivity index (χ0n) is 10.2. The molecule has 0 aliphatic rings. The van der Waals surface area contributed by atoms with Crippen molar-refractivity contribution in [2.24, 2.45) is 0 Å². The number of nitrogen functional groups attached to an aromatic ring is 1. The van der Waals surface area contributed by atoms with E-state index in [-0.39, 0.29) is 5.69 Å². The Bertz CT molecular complexity index is 771. The van der Waals surface area contributed by atoms with Crippen LogP contribution in [-0.2, 0) is 0 Å². The first-order valence-electron chi connectivity index (χ1n) is 5.75. The van der Waals surface area contributed by atoms with Gasteiger partial charge in [-0.1, -0.05) is 12.1 Å². The molecular weight excluding hydrogens is 325 g/mol. The minimum Gasteiger partial charge on any atom is -0.398 e. The summed E-state index contributed by atoms with van der Waals surface area (Å²) in [5, 5.41) is 11.4. The Hall–Kier alpha value is -2.28. The van der Waals surface area contributed by atoms with E-state index in [4.69, 9.17) is 5.73 Å². The highest BCUT2D eigenvalue weighted by molar-refractivity contribution is 9.10. The van der Waals surface area contributed by atoms with Gasteiger partial charge in [-0.2, -0.15) is 4.68 Å². The average molecular weight is 334 g/mol. The van der Waals surface area contributed by atoms with Gasteiger partial charge in [0, 0.05) is 15.7 Å². The van der Waals surface area contributed by atoms with Crippen LogP contribution in [0.5, 0.6) is 0 Å². The number of hydrogen-bond donors (Lipinski definition) is 1. The Balaban J connectivity index is 2.15. The number of aromatic nitrogens is 4. The number of nitrogens with zero attached hydrogens (tertiary/aromatic N) is 4. The summed E-state index contributed by atoms with van der Waals surface area (Å²) in [5.41, 5.74) is 7.40. The van der Waals surface area contributed by atoms with E-state index in [1.54, 1.807) is 30.3 Å². The molecule has 0 atom stereocenters. The molecule has 1 aromatic heterocycles. The molecule has 0 unspecified atom stereocenters. The number of nitrogens with two attached hydrogens (primary N) is 1. The van der Waals surface area contributed by atoms with Crippen LogP contribution < -0.4 is 5.73 Å². The van der Waals surface area contributed by atoms with Crippen molar-refractivity contribution in [1.29, 1.82) is 0 Å². The topological polar surface area (TPSA) is 69.6 Å². The molecule has 3 aromatic rings. The molecule has 0 saturated heterocycles. The van der Waals surface area contributed by atoms with E-state index >= 15 is 0 Å². The van der Waals surface area contributed by atoms with Gasteiger partial charge >= 0.3 is 0 Å². The summed E-state index contributed by atoms with van der Waals surface area (Å²) in [7, 11) is 0. The Morgan fingerprint density at radius 3 is 2.70 bits per heavy atom. The summed E-state index contributed by atoms with van der Waals surface area (Å²) < 4.78 is 16.0. The van der Waals surface area contributed by atoms with Crippen LogP contribution in [0.2, 0.25) is 0 Å². The summed E-state index contributed by atoms with van der Waals surface area (Å²) in [4.78, 5) is 0. The van der Waals surface area contributed by atoms with Crippen molar-refractivity contribution >= 4 is 21.6 Å². The van der Waals surface area contributed by atoms with Crippen LogP contribution in [0.25, 0.3) is 17.1 Å². The minimum absolute atomic E-state index is 0.286. The molecule has 0 amide bonds. The highest BCUT2D eigenvalue weighted by Crippen LogP contribution is 2.27. The van der Waals surface area contributed by atoms with E-state index in [1.807, 2.05) is 6.07 Å². The lowest BCUT2D eigenvalue weighted by Crippen LogP contribution is -2.02. The molecule has 0 saturated carbocycles. The molecule has 0 aliphatic carbocycles. The monoisotopic (exact) mass is 333 g/mol. The number of hydrogen-bond acceptors (Lipinski definition) is 4. The standard InChI is InChI=1S/C13H9BrFN5/c14-9-6-5-8(7-11(9)16)13-17-18-19-20(13)12-4-2-1-3-10(12)15/h1-7H,16H2. The van der Waals surface area contributed by atoms with Crippen LogP contribution in [0, 0.1) is 5.82 Å². The lowest BCUT2D eigenvalue weighted by atomic mass is 10.2. The summed E-state index contributed by atoms with van der Waals surface area (Å²) in [6.07, 6.45) is 0. The molecule has 0 spiro atoms. The zero-order chi connectivity index (χ0) is 14.1. The molecule has 2 aromatic carbocycles. The SMILES string of the molecule is Nc1cc(-c2nnnn2-c2ccccc2F)ccc1Br. The van der Waals surface area contributed by atoms with Crippen molar-refractivity contribution in [3.63, 3.8) is 0 Å². The summed E-state index contributed by atoms with van der Waals surface area (Å²) in [5.74, 6) is 0.0282. The minimum atomic E-state index is -0.397. The molecule has 0 bridgehead atoms. The van der Waals surface area contributed by atoms with Gasteiger partial charge in [0.05, 0.1) is 0 Å². The molecular formula is C13H9BrFN5. The molecule has 2 N–H and O–H groups in total. The van der Waals surface area contributed by atoms with Crippen LogP contribution in [-0.4, -0.2) is 20.2 Å². The first-order valence-corrected chi connectivity index (χ1v) is 6.55. The average Bonchev–Trinajstić information content (AvgIpc) is 2.91. The van der Waals surface area contributed by atoms with Crippen LogP contribution >= 0.6 is 15.9 Å². The van der Waals surface area contributed by atoms with E-state index in [2.05, 4.69) is 31.5 Å². The van der Waals surface area contributed by atoms with Gasteiger partial charge in [0.25, 0.3) is 0 Å². The second-order valence-electron chi connectivity index (χ2n) is 4.10. The summed E-state index contributed by atoms with van der Waals surface area (Å²) >= 11 is 3.32. The van der Waals surface area contributed by atoms with Crippen LogP contribution in [0.3, 0.4) is 0 Å². The Labute approximate surface area is 122 Å². The molecule has 5 nitrogen and oxygen atoms in total. The lowest BCUT2D eigenvalue weighted by molar-refractivity contribution is 0.608. The van der Waals surface area contributed by atoms with Crippen molar-refractivity contribution in [2.75, 3.05) is 5.73 Å². The molecule has 3 rings (SSSR count). The van der Waals surface area contributed by atoms with Crippen molar-refractivity contribution in [3.05, 3.63) is 52.8 Å². The summed E-state index contributed by atoms with van der Waals surface area (Å²) in [6.45, 7) is 0. The second kappa shape index (κ2) is 5.01. The second-order valence-corrected chi connectivity index (χ2v) is 4.96. The first kappa shape index (κ1) is 12.7. The van der Waals surface area contributed by atoms with Gasteiger partial charge in [0.2, 0.25) is 0 Å². The number of para-hydroxylation sites is 1. The highest BCUT2D eigenvalue weighted by atomic mass is 79.9. The third-order valence-corrected chi connectivity index (χ3v) is 3.53. The van der Waals surface area contributed by atoms with E-state index < -0.39 is 5.82 Å². The Morgan fingerprint density at radius 2 is 1.95 bits per heavy atom. The smallest absolute Gasteiger partial charge is 0.187 e. The van der Waals surface area contributed by atoms with E-state index in [0.29, 0.717) is 17.1 Å². The third kappa shape index (κ3) is 2.16. The largest absolute Gasteiger partial charge is 0.398 e. The third-order valence-electron chi connectivity index (χ3n) is 2.80. The van der Waals surface area contributed by atoms with Crippen molar-refractivity contribution < 1.29 is 4.39 Å². The fourth-order valence-corrected chi connectivity index (χ4v) is 2.08. The van der Waals surface area contributed by atoms with Gasteiger partial charge < -0.3 is 5.73 Å². The maximum atomic E-state index is 13.8. The van der Waals surface area contributed by atoms with Crippen molar-refractivity contribution in [1.82, 2.24) is 20.2 Å². The van der Waals surface area contributed by atoms with E-state index in [9.17, 15) is 4.39 Å². The van der Waals surface area contributed by atoms with Crippen molar-refractivity contribution in [2.45, 2.75) is 0 Å². The molecule has 0 radical (unpaired) electrons. The predicted molar refractivity (Wildman–Crippen MR) is 76.7 cm³/mol. The number of benzene rings is 2. The molecule has 20 heavy (non-hydrogen) atoms. The van der Waals surface area contributed by atoms with Gasteiger partial charge in [-0.05, 0) is 56.7 Å². The molecule has 0 fully saturated rings. The fourth-order valence-electron chi connectivity index (χ4n) is 1.84. The molecule has 1 heterocycles. The Kier molecular flexibility index (Phi) is 3.19. The van der Waals surface area contributed by atoms with Crippen molar-refractivity contribution in [3.8, 4) is 17.1 Å². The van der Waals surface area contributed by atoms with Gasteiger partial charge in [-0.15, -0.1) is 5.10 Å². The number of anilines is 1. The van der Waals surface area contributed by atoms with Gasteiger partial charge in [0.1, 0.15) is 11.5 Å². The molecule has 7 heteroatoms. The molecule has 100 valence electrons. The van der Waals surface area contributed by atoms with Gasteiger partial charge in [0.15, 0.2) is 5.82 Å².